The first-order valence-electron chi connectivity index (χ1n) is 6.63. The van der Waals surface area contributed by atoms with Crippen LogP contribution in [0.25, 0.3) is 0 Å². The number of hydrogen-bond acceptors (Lipinski definition) is 5. The fourth-order valence-electron chi connectivity index (χ4n) is 1.67. The highest BCUT2D eigenvalue weighted by Crippen LogP contribution is 2.12. The van der Waals surface area contributed by atoms with Gasteiger partial charge in [-0.15, -0.1) is 0 Å². The quantitative estimate of drug-likeness (QED) is 0.618. The van der Waals surface area contributed by atoms with Gasteiger partial charge in [0.05, 0.1) is 6.10 Å². The van der Waals surface area contributed by atoms with Gasteiger partial charge in [-0.3, -0.25) is 0 Å². The molecule has 1 aromatic rings. The van der Waals surface area contributed by atoms with Crippen molar-refractivity contribution in [3.05, 3.63) is 11.9 Å². The average molecular weight is 252 g/mol. The van der Waals surface area contributed by atoms with Crippen molar-refractivity contribution >= 4 is 11.6 Å². The average Bonchev–Trinajstić information content (AvgIpc) is 2.34. The van der Waals surface area contributed by atoms with E-state index in [2.05, 4.69) is 27.5 Å². The smallest absolute Gasteiger partial charge is 0.133 e. The molecular weight excluding hydrogens is 228 g/mol. The molecule has 3 N–H and O–H groups in total. The summed E-state index contributed by atoms with van der Waals surface area (Å²) in [6.07, 6.45) is 3.42. The van der Waals surface area contributed by atoms with Crippen LogP contribution in [0.1, 0.15) is 38.9 Å². The molecule has 0 fully saturated rings. The molecule has 1 unspecified atom stereocenters. The number of aromatic nitrogens is 2. The summed E-state index contributed by atoms with van der Waals surface area (Å²) < 4.78 is 0. The second-order valence-corrected chi connectivity index (χ2v) is 4.47. The molecule has 0 amide bonds. The number of aliphatic hydroxyl groups is 1. The van der Waals surface area contributed by atoms with E-state index in [4.69, 9.17) is 0 Å². The highest BCUT2D eigenvalue weighted by atomic mass is 16.3. The predicted octanol–water partition coefficient (Wildman–Crippen LogP) is 2.04. The van der Waals surface area contributed by atoms with E-state index in [0.717, 1.165) is 49.7 Å². The first-order chi connectivity index (χ1) is 8.65. The lowest BCUT2D eigenvalue weighted by molar-refractivity contribution is 0.183. The Morgan fingerprint density at radius 1 is 1.33 bits per heavy atom. The third kappa shape index (κ3) is 5.31. The summed E-state index contributed by atoms with van der Waals surface area (Å²) in [5.74, 6) is 2.55. The monoisotopic (exact) mass is 252 g/mol. The highest BCUT2D eigenvalue weighted by Gasteiger charge is 2.03. The molecular formula is C13H24N4O. The lowest BCUT2D eigenvalue weighted by Crippen LogP contribution is -2.09. The molecule has 102 valence electrons. The molecule has 0 bridgehead atoms. The second kappa shape index (κ2) is 7.87. The third-order valence-electron chi connectivity index (χ3n) is 2.61. The van der Waals surface area contributed by atoms with Crippen molar-refractivity contribution in [2.24, 2.45) is 0 Å². The molecule has 0 aliphatic rings. The van der Waals surface area contributed by atoms with E-state index in [1.54, 1.807) is 0 Å². The van der Waals surface area contributed by atoms with Gasteiger partial charge in [-0.2, -0.15) is 0 Å². The summed E-state index contributed by atoms with van der Waals surface area (Å²) in [6.45, 7) is 4.74. The van der Waals surface area contributed by atoms with E-state index in [-0.39, 0.29) is 6.10 Å². The zero-order chi connectivity index (χ0) is 13.4. The minimum absolute atomic E-state index is 0.235. The van der Waals surface area contributed by atoms with Crippen molar-refractivity contribution in [2.75, 3.05) is 24.2 Å². The van der Waals surface area contributed by atoms with Crippen molar-refractivity contribution in [1.82, 2.24) is 9.97 Å². The van der Waals surface area contributed by atoms with Gasteiger partial charge >= 0.3 is 0 Å². The lowest BCUT2D eigenvalue weighted by atomic mass is 10.2. The Morgan fingerprint density at radius 3 is 2.67 bits per heavy atom. The van der Waals surface area contributed by atoms with Gasteiger partial charge in [0.2, 0.25) is 0 Å². The number of hydrogen-bond donors (Lipinski definition) is 3. The summed E-state index contributed by atoms with van der Waals surface area (Å²) in [7, 11) is 1.86. The van der Waals surface area contributed by atoms with Gasteiger partial charge in [-0.1, -0.05) is 6.92 Å². The van der Waals surface area contributed by atoms with Crippen LogP contribution in [0.3, 0.4) is 0 Å². The normalized spacial score (nSPS) is 12.2. The summed E-state index contributed by atoms with van der Waals surface area (Å²) in [5.41, 5.74) is 0. The highest BCUT2D eigenvalue weighted by molar-refractivity contribution is 5.47. The van der Waals surface area contributed by atoms with E-state index in [1.807, 2.05) is 20.0 Å². The Morgan fingerprint density at radius 2 is 2.06 bits per heavy atom. The number of aryl methyl sites for hydroxylation is 1. The Labute approximate surface area is 109 Å². The molecule has 1 rings (SSSR count). The molecule has 0 saturated heterocycles. The van der Waals surface area contributed by atoms with Crippen LogP contribution in [-0.2, 0) is 6.42 Å². The van der Waals surface area contributed by atoms with E-state index < -0.39 is 0 Å². The van der Waals surface area contributed by atoms with Crippen LogP contribution < -0.4 is 10.6 Å². The maximum absolute atomic E-state index is 9.18. The minimum atomic E-state index is -0.235. The first-order valence-corrected chi connectivity index (χ1v) is 6.63. The number of nitrogens with one attached hydrogen (secondary N) is 2. The van der Waals surface area contributed by atoms with Crippen LogP contribution in [0.5, 0.6) is 0 Å². The summed E-state index contributed by atoms with van der Waals surface area (Å²) >= 11 is 0. The maximum Gasteiger partial charge on any atom is 0.133 e. The topological polar surface area (TPSA) is 70.1 Å². The Bertz CT molecular complexity index is 355. The number of aliphatic hydroxyl groups excluding tert-OH is 1. The zero-order valence-corrected chi connectivity index (χ0v) is 11.5. The van der Waals surface area contributed by atoms with Crippen molar-refractivity contribution in [3.8, 4) is 0 Å². The fourth-order valence-corrected chi connectivity index (χ4v) is 1.67. The summed E-state index contributed by atoms with van der Waals surface area (Å²) in [6, 6.07) is 1.90. The van der Waals surface area contributed by atoms with Crippen molar-refractivity contribution < 1.29 is 5.11 Å². The predicted molar refractivity (Wildman–Crippen MR) is 75.0 cm³/mol. The van der Waals surface area contributed by atoms with E-state index in [0.29, 0.717) is 0 Å². The molecule has 5 heteroatoms. The fraction of sp³-hybridized carbons (Fsp3) is 0.692. The molecule has 5 nitrogen and oxygen atoms in total. The van der Waals surface area contributed by atoms with Crippen LogP contribution in [0, 0.1) is 0 Å². The van der Waals surface area contributed by atoms with Crippen molar-refractivity contribution in [3.63, 3.8) is 0 Å². The molecule has 0 saturated carbocycles. The van der Waals surface area contributed by atoms with E-state index >= 15 is 0 Å². The van der Waals surface area contributed by atoms with Gasteiger partial charge in [0.1, 0.15) is 17.5 Å². The summed E-state index contributed by atoms with van der Waals surface area (Å²) in [4.78, 5) is 8.86. The number of anilines is 2. The largest absolute Gasteiger partial charge is 0.393 e. The lowest BCUT2D eigenvalue weighted by Gasteiger charge is -2.10. The molecule has 1 heterocycles. The van der Waals surface area contributed by atoms with E-state index in [9.17, 15) is 5.11 Å². The van der Waals surface area contributed by atoms with Gasteiger partial charge in [0.25, 0.3) is 0 Å². The van der Waals surface area contributed by atoms with Crippen LogP contribution in [0.15, 0.2) is 6.07 Å². The first kappa shape index (κ1) is 14.7. The molecule has 1 atom stereocenters. The van der Waals surface area contributed by atoms with Crippen LogP contribution in [-0.4, -0.2) is 34.8 Å². The van der Waals surface area contributed by atoms with Gasteiger partial charge in [0, 0.05) is 26.1 Å². The molecule has 0 aromatic carbocycles. The molecule has 0 aliphatic carbocycles. The number of rotatable bonds is 8. The van der Waals surface area contributed by atoms with Crippen molar-refractivity contribution in [1.29, 1.82) is 0 Å². The second-order valence-electron chi connectivity index (χ2n) is 4.47. The SMILES string of the molecule is CCCc1nc(NC)cc(NCCCC(C)O)n1. The minimum Gasteiger partial charge on any atom is -0.393 e. The number of nitrogens with zero attached hydrogens (tertiary/aromatic N) is 2. The molecule has 1 aromatic heterocycles. The molecule has 0 radical (unpaired) electrons. The maximum atomic E-state index is 9.18. The van der Waals surface area contributed by atoms with Crippen molar-refractivity contribution in [2.45, 2.75) is 45.6 Å². The Hall–Kier alpha value is -1.36. The molecule has 0 spiro atoms. The summed E-state index contributed by atoms with van der Waals surface area (Å²) in [5, 5.41) is 15.5. The van der Waals surface area contributed by atoms with Gasteiger partial charge in [-0.05, 0) is 26.2 Å². The zero-order valence-electron chi connectivity index (χ0n) is 11.5. The van der Waals surface area contributed by atoms with Crippen LogP contribution >= 0.6 is 0 Å². The van der Waals surface area contributed by atoms with Crippen LogP contribution in [0.4, 0.5) is 11.6 Å². The Balaban J connectivity index is 2.55. The molecule has 18 heavy (non-hydrogen) atoms. The molecule has 0 aliphatic heterocycles. The van der Waals surface area contributed by atoms with E-state index in [1.165, 1.54) is 0 Å². The standard InChI is InChI=1S/C13H24N4O/c1-4-6-11-16-12(14-3)9-13(17-11)15-8-5-7-10(2)18/h9-10,18H,4-8H2,1-3H3,(H2,14,15,16,17). The van der Waals surface area contributed by atoms with Gasteiger partial charge < -0.3 is 15.7 Å². The van der Waals surface area contributed by atoms with Crippen LogP contribution in [0.2, 0.25) is 0 Å². The van der Waals surface area contributed by atoms with Gasteiger partial charge in [-0.25, -0.2) is 9.97 Å². The van der Waals surface area contributed by atoms with Gasteiger partial charge in [0.15, 0.2) is 0 Å². The third-order valence-corrected chi connectivity index (χ3v) is 2.61. The Kier molecular flexibility index (Phi) is 6.43.